The van der Waals surface area contributed by atoms with Crippen LogP contribution in [-0.4, -0.2) is 81.1 Å². The SMILES string of the molecule is CCNC(=NCCOc1cccc(C(C)(C)C)c1)NC1CCN(CC(=O)N(C)C)CC1.I. The highest BCUT2D eigenvalue weighted by atomic mass is 127. The first-order chi connectivity index (χ1) is 14.7. The minimum absolute atomic E-state index is 0. The summed E-state index contributed by atoms with van der Waals surface area (Å²) in [6.45, 7) is 13.0. The fraction of sp³-hybridized carbons (Fsp3) is 0.667. The van der Waals surface area contributed by atoms with Crippen LogP contribution < -0.4 is 15.4 Å². The summed E-state index contributed by atoms with van der Waals surface area (Å²) in [5.74, 6) is 1.88. The van der Waals surface area contributed by atoms with Crippen LogP contribution in [0.15, 0.2) is 29.3 Å². The lowest BCUT2D eigenvalue weighted by molar-refractivity contribution is -0.130. The summed E-state index contributed by atoms with van der Waals surface area (Å²) in [6.07, 6.45) is 2.00. The third-order valence-electron chi connectivity index (χ3n) is 5.46. The molecule has 1 fully saturated rings. The first-order valence-corrected chi connectivity index (χ1v) is 11.4. The number of ether oxygens (including phenoxy) is 1. The highest BCUT2D eigenvalue weighted by Gasteiger charge is 2.22. The van der Waals surface area contributed by atoms with Gasteiger partial charge in [-0.15, -0.1) is 24.0 Å². The van der Waals surface area contributed by atoms with Crippen LogP contribution in [0.4, 0.5) is 0 Å². The standard InChI is InChI=1S/C24H41N5O2.HI/c1-7-25-23(27-20-11-14-29(15-12-20)18-22(30)28(5)6)26-13-16-31-21-10-8-9-19(17-21)24(2,3)4;/h8-10,17,20H,7,11-16,18H2,1-6H3,(H2,25,26,27);1H. The lowest BCUT2D eigenvalue weighted by Crippen LogP contribution is -2.50. The molecule has 0 radical (unpaired) electrons. The molecule has 2 rings (SSSR count). The van der Waals surface area contributed by atoms with Crippen molar-refractivity contribution in [3.05, 3.63) is 29.8 Å². The van der Waals surface area contributed by atoms with Crippen LogP contribution in [0.25, 0.3) is 0 Å². The summed E-state index contributed by atoms with van der Waals surface area (Å²) in [6, 6.07) is 8.66. The minimum atomic E-state index is 0. The van der Waals surface area contributed by atoms with Gasteiger partial charge in [-0.1, -0.05) is 32.9 Å². The van der Waals surface area contributed by atoms with Crippen LogP contribution >= 0.6 is 24.0 Å². The Balaban J connectivity index is 0.00000512. The van der Waals surface area contributed by atoms with E-state index in [2.05, 4.69) is 60.4 Å². The van der Waals surface area contributed by atoms with Gasteiger partial charge in [-0.05, 0) is 42.9 Å². The van der Waals surface area contributed by atoms with Crippen molar-refractivity contribution in [1.29, 1.82) is 0 Å². The molecule has 1 aliphatic rings. The number of amides is 1. The number of halogens is 1. The Morgan fingerprint density at radius 3 is 2.53 bits per heavy atom. The number of rotatable bonds is 8. The predicted molar refractivity (Wildman–Crippen MR) is 143 cm³/mol. The topological polar surface area (TPSA) is 69.2 Å². The maximum atomic E-state index is 11.9. The summed E-state index contributed by atoms with van der Waals surface area (Å²) in [5, 5.41) is 6.87. The number of carbonyl (C=O) groups excluding carboxylic acids is 1. The van der Waals surface area contributed by atoms with Gasteiger partial charge in [0.15, 0.2) is 5.96 Å². The van der Waals surface area contributed by atoms with Crippen molar-refractivity contribution in [1.82, 2.24) is 20.4 Å². The van der Waals surface area contributed by atoms with Crippen LogP contribution in [0.2, 0.25) is 0 Å². The molecule has 32 heavy (non-hydrogen) atoms. The summed E-state index contributed by atoms with van der Waals surface area (Å²) in [4.78, 5) is 20.5. The third kappa shape index (κ3) is 9.94. The van der Waals surface area contributed by atoms with E-state index < -0.39 is 0 Å². The Kier molecular flexibility index (Phi) is 12.3. The van der Waals surface area contributed by atoms with Crippen LogP contribution in [0.5, 0.6) is 5.75 Å². The van der Waals surface area contributed by atoms with Gasteiger partial charge in [-0.25, -0.2) is 4.99 Å². The van der Waals surface area contributed by atoms with Crippen molar-refractivity contribution < 1.29 is 9.53 Å². The molecule has 0 bridgehead atoms. The van der Waals surface area contributed by atoms with E-state index in [1.54, 1.807) is 19.0 Å². The van der Waals surface area contributed by atoms with Gasteiger partial charge in [0, 0.05) is 39.8 Å². The number of aliphatic imine (C=N–C) groups is 1. The highest BCUT2D eigenvalue weighted by Crippen LogP contribution is 2.25. The minimum Gasteiger partial charge on any atom is -0.492 e. The molecule has 0 spiro atoms. The average molecular weight is 560 g/mol. The van der Waals surface area contributed by atoms with Crippen molar-refractivity contribution in [2.45, 2.75) is 52.0 Å². The van der Waals surface area contributed by atoms with Crippen LogP contribution in [0, 0.1) is 0 Å². The number of hydrogen-bond donors (Lipinski definition) is 2. The smallest absolute Gasteiger partial charge is 0.236 e. The lowest BCUT2D eigenvalue weighted by Gasteiger charge is -2.33. The van der Waals surface area contributed by atoms with Gasteiger partial charge in [0.1, 0.15) is 12.4 Å². The molecule has 0 aromatic heterocycles. The molecule has 0 saturated carbocycles. The van der Waals surface area contributed by atoms with Gasteiger partial charge in [0.05, 0.1) is 13.1 Å². The molecular formula is C24H42IN5O2. The number of likely N-dealkylation sites (tertiary alicyclic amines) is 1. The van der Waals surface area contributed by atoms with Crippen molar-refractivity contribution >= 4 is 35.8 Å². The van der Waals surface area contributed by atoms with Crippen molar-refractivity contribution in [2.24, 2.45) is 4.99 Å². The van der Waals surface area contributed by atoms with Gasteiger partial charge in [0.2, 0.25) is 5.91 Å². The molecule has 1 aromatic rings. The number of carbonyl (C=O) groups is 1. The zero-order chi connectivity index (χ0) is 22.9. The van der Waals surface area contributed by atoms with Gasteiger partial charge in [-0.2, -0.15) is 0 Å². The molecule has 0 aliphatic carbocycles. The molecule has 182 valence electrons. The highest BCUT2D eigenvalue weighted by molar-refractivity contribution is 14.0. The number of benzene rings is 1. The average Bonchev–Trinajstić information content (AvgIpc) is 2.72. The van der Waals surface area contributed by atoms with Gasteiger partial charge >= 0.3 is 0 Å². The number of guanidine groups is 1. The van der Waals surface area contributed by atoms with Gasteiger partial charge in [0.25, 0.3) is 0 Å². The normalized spacial score (nSPS) is 15.6. The Hall–Kier alpha value is -1.55. The van der Waals surface area contributed by atoms with E-state index in [1.807, 2.05) is 12.1 Å². The Labute approximate surface area is 211 Å². The molecule has 1 heterocycles. The Morgan fingerprint density at radius 1 is 1.25 bits per heavy atom. The van der Waals surface area contributed by atoms with E-state index in [0.29, 0.717) is 25.7 Å². The Morgan fingerprint density at radius 2 is 1.94 bits per heavy atom. The van der Waals surface area contributed by atoms with E-state index in [-0.39, 0.29) is 35.3 Å². The second kappa shape index (κ2) is 13.9. The fourth-order valence-electron chi connectivity index (χ4n) is 3.45. The molecule has 1 saturated heterocycles. The summed E-state index contributed by atoms with van der Waals surface area (Å²) in [5.41, 5.74) is 1.37. The van der Waals surface area contributed by atoms with Crippen LogP contribution in [0.1, 0.15) is 46.1 Å². The molecule has 0 atom stereocenters. The largest absolute Gasteiger partial charge is 0.492 e. The van der Waals surface area contributed by atoms with Gasteiger partial charge in [-0.3, -0.25) is 9.69 Å². The van der Waals surface area contributed by atoms with E-state index in [1.165, 1.54) is 5.56 Å². The summed E-state index contributed by atoms with van der Waals surface area (Å²) in [7, 11) is 3.61. The predicted octanol–water partition coefficient (Wildman–Crippen LogP) is 3.09. The van der Waals surface area contributed by atoms with Crippen LogP contribution in [0.3, 0.4) is 0 Å². The maximum absolute atomic E-state index is 11.9. The first-order valence-electron chi connectivity index (χ1n) is 11.4. The van der Waals surface area contributed by atoms with Crippen molar-refractivity contribution in [3.8, 4) is 5.75 Å². The summed E-state index contributed by atoms with van der Waals surface area (Å²) >= 11 is 0. The zero-order valence-electron chi connectivity index (χ0n) is 20.6. The molecule has 1 aliphatic heterocycles. The van der Waals surface area contributed by atoms with E-state index in [9.17, 15) is 4.79 Å². The zero-order valence-corrected chi connectivity index (χ0v) is 22.9. The third-order valence-corrected chi connectivity index (χ3v) is 5.46. The maximum Gasteiger partial charge on any atom is 0.236 e. The first kappa shape index (κ1) is 28.5. The molecule has 2 N–H and O–H groups in total. The van der Waals surface area contributed by atoms with Crippen molar-refractivity contribution in [2.75, 3.05) is 53.4 Å². The quantitative estimate of drug-likeness (QED) is 0.222. The second-order valence-corrected chi connectivity index (χ2v) is 9.37. The number of nitrogens with zero attached hydrogens (tertiary/aromatic N) is 3. The number of piperidine rings is 1. The molecule has 1 amide bonds. The van der Waals surface area contributed by atoms with E-state index >= 15 is 0 Å². The Bertz CT molecular complexity index is 725. The molecular weight excluding hydrogens is 517 g/mol. The monoisotopic (exact) mass is 559 g/mol. The van der Waals surface area contributed by atoms with Gasteiger partial charge < -0.3 is 20.3 Å². The summed E-state index contributed by atoms with van der Waals surface area (Å²) < 4.78 is 5.93. The molecule has 0 unspecified atom stereocenters. The van der Waals surface area contributed by atoms with E-state index in [0.717, 1.165) is 44.2 Å². The molecule has 7 nitrogen and oxygen atoms in total. The fourth-order valence-corrected chi connectivity index (χ4v) is 3.45. The van der Waals surface area contributed by atoms with Crippen LogP contribution in [-0.2, 0) is 10.2 Å². The number of likely N-dealkylation sites (N-methyl/N-ethyl adjacent to an activating group) is 1. The van der Waals surface area contributed by atoms with Crippen molar-refractivity contribution in [3.63, 3.8) is 0 Å². The van der Waals surface area contributed by atoms with E-state index in [4.69, 9.17) is 4.74 Å². The lowest BCUT2D eigenvalue weighted by atomic mass is 9.87. The second-order valence-electron chi connectivity index (χ2n) is 9.37. The number of hydrogen-bond acceptors (Lipinski definition) is 4. The molecule has 1 aromatic carbocycles. The number of nitrogens with one attached hydrogen (secondary N) is 2. The molecule has 8 heteroatoms.